The molecule has 0 saturated heterocycles. The van der Waals surface area contributed by atoms with E-state index in [1.165, 1.54) is 0 Å². The Kier molecular flexibility index (Phi) is 3.62. The molecule has 0 aliphatic carbocycles. The van der Waals surface area contributed by atoms with Crippen LogP contribution in [0.1, 0.15) is 25.0 Å². The Morgan fingerprint density at radius 1 is 0.952 bits per heavy atom. The van der Waals surface area contributed by atoms with Crippen LogP contribution in [0.4, 0.5) is 0 Å². The molecule has 3 rings (SSSR count). The molecule has 3 nitrogen and oxygen atoms in total. The molecule has 0 fully saturated rings. The molecule has 1 unspecified atom stereocenters. The Hall–Kier alpha value is -1.97. The number of rotatable bonds is 2. The van der Waals surface area contributed by atoms with E-state index in [1.54, 1.807) is 0 Å². The first-order valence-electron chi connectivity index (χ1n) is 7.20. The molecule has 2 aromatic rings. The lowest BCUT2D eigenvalue weighted by Crippen LogP contribution is -2.48. The van der Waals surface area contributed by atoms with Crippen molar-refractivity contribution in [2.75, 3.05) is 0 Å². The van der Waals surface area contributed by atoms with Crippen LogP contribution in [0.5, 0.6) is 0 Å². The van der Waals surface area contributed by atoms with Gasteiger partial charge in [-0.05, 0) is 13.8 Å². The summed E-state index contributed by atoms with van der Waals surface area (Å²) in [5, 5.41) is 11.2. The first kappa shape index (κ1) is 14.0. The fourth-order valence-electron chi connectivity index (χ4n) is 2.55. The maximum atomic E-state index is 11.2. The molecule has 1 N–H and O–H groups in total. The smallest absolute Gasteiger partial charge is 0.237 e. The third-order valence-electron chi connectivity index (χ3n) is 3.90. The number of aliphatic hydroxyl groups is 1. The monoisotopic (exact) mass is 281 g/mol. The zero-order valence-electron chi connectivity index (χ0n) is 12.2. The highest BCUT2D eigenvalue weighted by atomic mass is 16.6. The van der Waals surface area contributed by atoms with Crippen molar-refractivity contribution in [1.82, 2.24) is 0 Å². The zero-order valence-corrected chi connectivity index (χ0v) is 12.2. The molecule has 0 bridgehead atoms. The molecule has 1 heterocycles. The quantitative estimate of drug-likeness (QED) is 0.919. The van der Waals surface area contributed by atoms with Gasteiger partial charge in [0.25, 0.3) is 0 Å². The summed E-state index contributed by atoms with van der Waals surface area (Å²) >= 11 is 0. The fourth-order valence-corrected chi connectivity index (χ4v) is 2.55. The standard InChI is InChI=1S/C18H19NO2/c1-13-14(2)21-18(20,16-11-7-4-8-12-16)17(19-13)15-9-5-3-6-10-15/h3-14,20H,1-2H3/t13-,14+,18?/m0/s1. The Bertz CT molecular complexity index is 639. The third-order valence-corrected chi connectivity index (χ3v) is 3.90. The average molecular weight is 281 g/mol. The molecule has 21 heavy (non-hydrogen) atoms. The minimum absolute atomic E-state index is 0.00388. The zero-order chi connectivity index (χ0) is 14.9. The van der Waals surface area contributed by atoms with E-state index in [2.05, 4.69) is 0 Å². The van der Waals surface area contributed by atoms with Crippen molar-refractivity contribution in [3.63, 3.8) is 0 Å². The van der Waals surface area contributed by atoms with Gasteiger partial charge < -0.3 is 9.84 Å². The molecule has 0 radical (unpaired) electrons. The lowest BCUT2D eigenvalue weighted by atomic mass is 9.92. The summed E-state index contributed by atoms with van der Waals surface area (Å²) in [4.78, 5) is 4.70. The Morgan fingerprint density at radius 3 is 2.14 bits per heavy atom. The number of hydrogen-bond acceptors (Lipinski definition) is 3. The second kappa shape index (κ2) is 5.43. The predicted molar refractivity (Wildman–Crippen MR) is 83.3 cm³/mol. The van der Waals surface area contributed by atoms with Gasteiger partial charge in [-0.3, -0.25) is 4.99 Å². The summed E-state index contributed by atoms with van der Waals surface area (Å²) in [6, 6.07) is 19.1. The van der Waals surface area contributed by atoms with Crippen molar-refractivity contribution >= 4 is 5.71 Å². The van der Waals surface area contributed by atoms with Gasteiger partial charge in [-0.1, -0.05) is 60.7 Å². The van der Waals surface area contributed by atoms with Gasteiger partial charge in [0.15, 0.2) is 0 Å². The molecule has 3 atom stereocenters. The van der Waals surface area contributed by atoms with Crippen LogP contribution in [0.3, 0.4) is 0 Å². The topological polar surface area (TPSA) is 41.8 Å². The van der Waals surface area contributed by atoms with E-state index in [0.717, 1.165) is 5.56 Å². The molecule has 1 aliphatic heterocycles. The SMILES string of the molecule is C[C@@H]1N=C(c2ccccc2)C(O)(c2ccccc2)O[C@@H]1C. The largest absolute Gasteiger partial charge is 0.357 e. The summed E-state index contributed by atoms with van der Waals surface area (Å²) in [5.41, 5.74) is 2.15. The van der Waals surface area contributed by atoms with Gasteiger partial charge in [0, 0.05) is 11.1 Å². The van der Waals surface area contributed by atoms with E-state index in [0.29, 0.717) is 11.3 Å². The molecular formula is C18H19NO2. The molecule has 0 amide bonds. The minimum atomic E-state index is -1.51. The van der Waals surface area contributed by atoms with E-state index in [9.17, 15) is 5.11 Å². The molecule has 3 heteroatoms. The molecule has 0 spiro atoms. The highest BCUT2D eigenvalue weighted by molar-refractivity contribution is 6.06. The summed E-state index contributed by atoms with van der Waals surface area (Å²) in [7, 11) is 0. The van der Waals surface area contributed by atoms with Crippen LogP contribution in [-0.4, -0.2) is 23.0 Å². The van der Waals surface area contributed by atoms with Crippen molar-refractivity contribution in [2.24, 2.45) is 4.99 Å². The van der Waals surface area contributed by atoms with Gasteiger partial charge in [0.1, 0.15) is 5.71 Å². The van der Waals surface area contributed by atoms with Crippen LogP contribution in [-0.2, 0) is 10.5 Å². The Labute approximate surface area is 124 Å². The maximum absolute atomic E-state index is 11.2. The highest BCUT2D eigenvalue weighted by Gasteiger charge is 2.43. The Balaban J connectivity index is 2.15. The molecule has 0 aromatic heterocycles. The average Bonchev–Trinajstić information content (AvgIpc) is 2.53. The third kappa shape index (κ3) is 2.50. The summed E-state index contributed by atoms with van der Waals surface area (Å²) < 4.78 is 5.96. The number of benzene rings is 2. The number of aliphatic imine (C=N–C) groups is 1. The van der Waals surface area contributed by atoms with Crippen molar-refractivity contribution in [3.05, 3.63) is 71.8 Å². The van der Waals surface area contributed by atoms with Crippen LogP contribution in [0.2, 0.25) is 0 Å². The summed E-state index contributed by atoms with van der Waals surface area (Å²) in [6.45, 7) is 3.93. The first-order valence-corrected chi connectivity index (χ1v) is 7.20. The number of nitrogens with zero attached hydrogens (tertiary/aromatic N) is 1. The van der Waals surface area contributed by atoms with Gasteiger partial charge in [0.05, 0.1) is 12.1 Å². The van der Waals surface area contributed by atoms with E-state index in [4.69, 9.17) is 9.73 Å². The second-order valence-corrected chi connectivity index (χ2v) is 5.42. The van der Waals surface area contributed by atoms with E-state index >= 15 is 0 Å². The van der Waals surface area contributed by atoms with Crippen molar-refractivity contribution in [3.8, 4) is 0 Å². The maximum Gasteiger partial charge on any atom is 0.237 e. The van der Waals surface area contributed by atoms with Crippen LogP contribution >= 0.6 is 0 Å². The predicted octanol–water partition coefficient (Wildman–Crippen LogP) is 3.13. The van der Waals surface area contributed by atoms with Crippen LogP contribution in [0.25, 0.3) is 0 Å². The lowest BCUT2D eigenvalue weighted by Gasteiger charge is -2.39. The number of hydrogen-bond donors (Lipinski definition) is 1. The van der Waals surface area contributed by atoms with Crippen LogP contribution in [0, 0.1) is 0 Å². The van der Waals surface area contributed by atoms with Crippen molar-refractivity contribution in [2.45, 2.75) is 31.8 Å². The highest BCUT2D eigenvalue weighted by Crippen LogP contribution is 2.34. The van der Waals surface area contributed by atoms with E-state index < -0.39 is 5.79 Å². The van der Waals surface area contributed by atoms with E-state index in [1.807, 2.05) is 74.5 Å². The molecule has 1 aliphatic rings. The van der Waals surface area contributed by atoms with Gasteiger partial charge in [-0.2, -0.15) is 0 Å². The molecule has 108 valence electrons. The van der Waals surface area contributed by atoms with Gasteiger partial charge >= 0.3 is 0 Å². The van der Waals surface area contributed by atoms with Crippen molar-refractivity contribution < 1.29 is 9.84 Å². The lowest BCUT2D eigenvalue weighted by molar-refractivity contribution is -0.195. The Morgan fingerprint density at radius 2 is 1.52 bits per heavy atom. The minimum Gasteiger partial charge on any atom is -0.357 e. The second-order valence-electron chi connectivity index (χ2n) is 5.42. The number of ether oxygens (including phenoxy) is 1. The van der Waals surface area contributed by atoms with Gasteiger partial charge in [-0.15, -0.1) is 0 Å². The fraction of sp³-hybridized carbons (Fsp3) is 0.278. The van der Waals surface area contributed by atoms with Crippen LogP contribution in [0.15, 0.2) is 65.7 Å². The molecule has 0 saturated carbocycles. The summed E-state index contributed by atoms with van der Waals surface area (Å²) in [5.74, 6) is -1.51. The first-order chi connectivity index (χ1) is 10.1. The van der Waals surface area contributed by atoms with Gasteiger partial charge in [0.2, 0.25) is 5.79 Å². The van der Waals surface area contributed by atoms with E-state index in [-0.39, 0.29) is 12.1 Å². The molecular weight excluding hydrogens is 262 g/mol. The van der Waals surface area contributed by atoms with Crippen molar-refractivity contribution in [1.29, 1.82) is 0 Å². The normalized spacial score (nSPS) is 29.0. The molecule has 2 aromatic carbocycles. The van der Waals surface area contributed by atoms with Gasteiger partial charge in [-0.25, -0.2) is 0 Å². The summed E-state index contributed by atoms with van der Waals surface area (Å²) in [6.07, 6.45) is -0.150. The van der Waals surface area contributed by atoms with Crippen LogP contribution < -0.4 is 0 Å².